The second-order valence-corrected chi connectivity index (χ2v) is 7.09. The number of fused-ring (bicyclic) bond motifs is 1. The normalized spacial score (nSPS) is 27.5. The lowest BCUT2D eigenvalue weighted by Gasteiger charge is -2.49. The zero-order valence-corrected chi connectivity index (χ0v) is 13.5. The van der Waals surface area contributed by atoms with E-state index >= 15 is 0 Å². The van der Waals surface area contributed by atoms with Crippen LogP contribution in [-0.4, -0.2) is 30.1 Å². The Hall–Kier alpha value is -0.860. The van der Waals surface area contributed by atoms with Crippen molar-refractivity contribution in [1.82, 2.24) is 4.90 Å². The van der Waals surface area contributed by atoms with Gasteiger partial charge in [0.1, 0.15) is 0 Å². The lowest BCUT2D eigenvalue weighted by atomic mass is 9.75. The Bertz CT molecular complexity index is 462. The second-order valence-electron chi connectivity index (χ2n) is 7.09. The minimum Gasteiger partial charge on any atom is -0.329 e. The molecule has 2 nitrogen and oxygen atoms in total. The van der Waals surface area contributed by atoms with E-state index in [0.29, 0.717) is 0 Å². The topological polar surface area (TPSA) is 29.3 Å². The lowest BCUT2D eigenvalue weighted by Crippen LogP contribution is -2.59. The molecular weight excluding hydrogens is 256 g/mol. The Kier molecular flexibility index (Phi) is 4.66. The highest BCUT2D eigenvalue weighted by Gasteiger charge is 2.39. The van der Waals surface area contributed by atoms with Crippen molar-refractivity contribution in [2.75, 3.05) is 19.6 Å². The summed E-state index contributed by atoms with van der Waals surface area (Å²) in [4.78, 5) is 2.73. The molecule has 0 saturated carbocycles. The first-order valence-electron chi connectivity index (χ1n) is 8.79. The van der Waals surface area contributed by atoms with Gasteiger partial charge in [-0.25, -0.2) is 0 Å². The molecule has 1 heterocycles. The SMILES string of the molecule is CCCC1CCN(C2(CN)CCc3ccccc3C2)CC1. The number of hydrogen-bond donors (Lipinski definition) is 1. The van der Waals surface area contributed by atoms with Crippen LogP contribution in [-0.2, 0) is 12.8 Å². The third kappa shape index (κ3) is 3.02. The molecule has 0 bridgehead atoms. The van der Waals surface area contributed by atoms with Gasteiger partial charge in [-0.2, -0.15) is 0 Å². The molecule has 1 aliphatic heterocycles. The highest BCUT2D eigenvalue weighted by atomic mass is 15.2. The van der Waals surface area contributed by atoms with E-state index < -0.39 is 0 Å². The summed E-state index contributed by atoms with van der Waals surface area (Å²) in [6.07, 6.45) is 9.07. The van der Waals surface area contributed by atoms with Crippen LogP contribution < -0.4 is 5.73 Å². The summed E-state index contributed by atoms with van der Waals surface area (Å²) in [5, 5.41) is 0. The molecule has 2 N–H and O–H groups in total. The molecule has 1 aromatic rings. The summed E-state index contributed by atoms with van der Waals surface area (Å²) >= 11 is 0. The quantitative estimate of drug-likeness (QED) is 0.919. The van der Waals surface area contributed by atoms with Gasteiger partial charge < -0.3 is 5.73 Å². The van der Waals surface area contributed by atoms with Crippen LogP contribution in [0.3, 0.4) is 0 Å². The summed E-state index contributed by atoms with van der Waals surface area (Å²) in [7, 11) is 0. The van der Waals surface area contributed by atoms with Gasteiger partial charge in [0.15, 0.2) is 0 Å². The first-order chi connectivity index (χ1) is 10.3. The van der Waals surface area contributed by atoms with Crippen LogP contribution in [0.1, 0.15) is 50.2 Å². The van der Waals surface area contributed by atoms with Crippen molar-refractivity contribution in [3.63, 3.8) is 0 Å². The number of nitrogens with zero attached hydrogens (tertiary/aromatic N) is 1. The minimum atomic E-state index is 0.228. The van der Waals surface area contributed by atoms with Gasteiger partial charge in [0.2, 0.25) is 0 Å². The Labute approximate surface area is 129 Å². The molecule has 1 saturated heterocycles. The molecule has 1 fully saturated rings. The molecule has 3 rings (SSSR count). The van der Waals surface area contributed by atoms with Gasteiger partial charge in [-0.3, -0.25) is 4.90 Å². The second kappa shape index (κ2) is 6.50. The number of hydrogen-bond acceptors (Lipinski definition) is 2. The molecule has 1 aliphatic carbocycles. The highest BCUT2D eigenvalue weighted by Crippen LogP contribution is 2.35. The van der Waals surface area contributed by atoms with Crippen molar-refractivity contribution in [2.45, 2.75) is 57.4 Å². The van der Waals surface area contributed by atoms with Crippen LogP contribution >= 0.6 is 0 Å². The highest BCUT2D eigenvalue weighted by molar-refractivity contribution is 5.32. The largest absolute Gasteiger partial charge is 0.329 e. The Morgan fingerprint density at radius 2 is 1.90 bits per heavy atom. The number of rotatable bonds is 4. The molecule has 0 radical (unpaired) electrons. The van der Waals surface area contributed by atoms with E-state index in [4.69, 9.17) is 5.73 Å². The van der Waals surface area contributed by atoms with Crippen molar-refractivity contribution in [1.29, 1.82) is 0 Å². The van der Waals surface area contributed by atoms with E-state index in [1.807, 2.05) is 0 Å². The molecule has 1 aromatic carbocycles. The molecular formula is C19H30N2. The van der Waals surface area contributed by atoms with Crippen LogP contribution in [0.25, 0.3) is 0 Å². The summed E-state index contributed by atoms with van der Waals surface area (Å²) in [5.41, 5.74) is 9.58. The number of nitrogens with two attached hydrogens (primary N) is 1. The van der Waals surface area contributed by atoms with Crippen LogP contribution in [0.4, 0.5) is 0 Å². The van der Waals surface area contributed by atoms with Crippen molar-refractivity contribution < 1.29 is 0 Å². The van der Waals surface area contributed by atoms with E-state index in [9.17, 15) is 0 Å². The molecule has 0 aromatic heterocycles. The van der Waals surface area contributed by atoms with Gasteiger partial charge in [0, 0.05) is 12.1 Å². The van der Waals surface area contributed by atoms with Crippen molar-refractivity contribution in [3.8, 4) is 0 Å². The maximum atomic E-state index is 6.28. The van der Waals surface area contributed by atoms with E-state index in [0.717, 1.165) is 18.9 Å². The van der Waals surface area contributed by atoms with Gasteiger partial charge in [0.05, 0.1) is 0 Å². The first kappa shape index (κ1) is 15.1. The average molecular weight is 286 g/mol. The number of likely N-dealkylation sites (tertiary alicyclic amines) is 1. The monoisotopic (exact) mass is 286 g/mol. The van der Waals surface area contributed by atoms with Gasteiger partial charge in [-0.05, 0) is 62.2 Å². The maximum absolute atomic E-state index is 6.28. The van der Waals surface area contributed by atoms with Crippen LogP contribution in [0.5, 0.6) is 0 Å². The first-order valence-corrected chi connectivity index (χ1v) is 8.79. The fourth-order valence-electron chi connectivity index (χ4n) is 4.46. The Morgan fingerprint density at radius 3 is 2.57 bits per heavy atom. The molecule has 2 aliphatic rings. The zero-order valence-electron chi connectivity index (χ0n) is 13.5. The number of aryl methyl sites for hydroxylation is 1. The Morgan fingerprint density at radius 1 is 1.19 bits per heavy atom. The van der Waals surface area contributed by atoms with Gasteiger partial charge >= 0.3 is 0 Å². The summed E-state index contributed by atoms with van der Waals surface area (Å²) in [6, 6.07) is 8.95. The summed E-state index contributed by atoms with van der Waals surface area (Å²) in [6.45, 7) is 5.62. The van der Waals surface area contributed by atoms with Crippen molar-refractivity contribution in [2.24, 2.45) is 11.7 Å². The molecule has 1 unspecified atom stereocenters. The maximum Gasteiger partial charge on any atom is 0.0375 e. The fourth-order valence-corrected chi connectivity index (χ4v) is 4.46. The van der Waals surface area contributed by atoms with Crippen molar-refractivity contribution >= 4 is 0 Å². The molecule has 0 amide bonds. The number of benzene rings is 1. The van der Waals surface area contributed by atoms with Gasteiger partial charge in [-0.1, -0.05) is 44.0 Å². The average Bonchev–Trinajstić information content (AvgIpc) is 2.55. The third-order valence-electron chi connectivity index (χ3n) is 5.86. The number of piperidine rings is 1. The van der Waals surface area contributed by atoms with E-state index in [-0.39, 0.29) is 5.54 Å². The molecule has 21 heavy (non-hydrogen) atoms. The summed E-state index contributed by atoms with van der Waals surface area (Å²) < 4.78 is 0. The summed E-state index contributed by atoms with van der Waals surface area (Å²) in [5.74, 6) is 0.956. The Balaban J connectivity index is 1.71. The molecule has 2 heteroatoms. The van der Waals surface area contributed by atoms with Crippen LogP contribution in [0, 0.1) is 5.92 Å². The van der Waals surface area contributed by atoms with E-state index in [1.165, 1.54) is 57.2 Å². The van der Waals surface area contributed by atoms with Gasteiger partial charge in [0.25, 0.3) is 0 Å². The van der Waals surface area contributed by atoms with E-state index in [1.54, 1.807) is 5.56 Å². The van der Waals surface area contributed by atoms with Crippen LogP contribution in [0.15, 0.2) is 24.3 Å². The lowest BCUT2D eigenvalue weighted by molar-refractivity contribution is 0.0423. The predicted octanol–water partition coefficient (Wildman–Crippen LogP) is 3.38. The smallest absolute Gasteiger partial charge is 0.0375 e. The van der Waals surface area contributed by atoms with Crippen LogP contribution in [0.2, 0.25) is 0 Å². The molecule has 0 spiro atoms. The minimum absolute atomic E-state index is 0.228. The van der Waals surface area contributed by atoms with Gasteiger partial charge in [-0.15, -0.1) is 0 Å². The zero-order chi connectivity index (χ0) is 14.7. The van der Waals surface area contributed by atoms with E-state index in [2.05, 4.69) is 36.1 Å². The standard InChI is InChI=1S/C19H30N2/c1-2-5-16-9-12-21(13-10-16)19(15-20)11-8-17-6-3-4-7-18(17)14-19/h3-4,6-7,16H,2,5,8-15,20H2,1H3. The van der Waals surface area contributed by atoms with Crippen molar-refractivity contribution in [3.05, 3.63) is 35.4 Å². The third-order valence-corrected chi connectivity index (χ3v) is 5.86. The fraction of sp³-hybridized carbons (Fsp3) is 0.684. The molecule has 1 atom stereocenters. The predicted molar refractivity (Wildman–Crippen MR) is 89.5 cm³/mol. The molecule has 116 valence electrons.